The number of benzene rings is 1. The third-order valence-corrected chi connectivity index (χ3v) is 3.41. The first kappa shape index (κ1) is 15.4. The van der Waals surface area contributed by atoms with Crippen LogP contribution in [0.5, 0.6) is 0 Å². The molecule has 0 aliphatic rings. The van der Waals surface area contributed by atoms with E-state index >= 15 is 0 Å². The minimum atomic E-state index is -0.519. The summed E-state index contributed by atoms with van der Waals surface area (Å²) in [6.07, 6.45) is 0. The molecule has 0 heterocycles. The predicted molar refractivity (Wildman–Crippen MR) is 75.6 cm³/mol. The SMILES string of the molecule is Cc1cc(N)cc(C(=O)NCC(C)(C)N(C)C)c1F. The van der Waals surface area contributed by atoms with E-state index in [1.807, 2.05) is 32.8 Å². The second kappa shape index (κ2) is 5.57. The van der Waals surface area contributed by atoms with Crippen molar-refractivity contribution < 1.29 is 9.18 Å². The van der Waals surface area contributed by atoms with Gasteiger partial charge in [0.2, 0.25) is 0 Å². The van der Waals surface area contributed by atoms with Gasteiger partial charge in [0.15, 0.2) is 0 Å². The lowest BCUT2D eigenvalue weighted by molar-refractivity contribution is 0.0915. The van der Waals surface area contributed by atoms with Gasteiger partial charge in [-0.2, -0.15) is 0 Å². The van der Waals surface area contributed by atoms with Crippen LogP contribution in [-0.2, 0) is 0 Å². The van der Waals surface area contributed by atoms with E-state index in [1.54, 1.807) is 6.92 Å². The zero-order valence-corrected chi connectivity index (χ0v) is 12.2. The Morgan fingerprint density at radius 3 is 2.53 bits per heavy atom. The van der Waals surface area contributed by atoms with Gasteiger partial charge in [-0.15, -0.1) is 0 Å². The average molecular weight is 267 g/mol. The number of carbonyl (C=O) groups excluding carboxylic acids is 1. The van der Waals surface area contributed by atoms with Crippen LogP contribution in [0.15, 0.2) is 12.1 Å². The third kappa shape index (κ3) is 3.67. The van der Waals surface area contributed by atoms with Gasteiger partial charge in [0.1, 0.15) is 5.82 Å². The first-order valence-electron chi connectivity index (χ1n) is 6.16. The van der Waals surface area contributed by atoms with E-state index in [4.69, 9.17) is 5.73 Å². The van der Waals surface area contributed by atoms with Crippen molar-refractivity contribution in [2.24, 2.45) is 0 Å². The number of halogens is 1. The van der Waals surface area contributed by atoms with E-state index in [9.17, 15) is 9.18 Å². The standard InChI is InChI=1S/C14H22FN3O/c1-9-6-10(16)7-11(12(9)15)13(19)17-8-14(2,3)18(4)5/h6-7H,8,16H2,1-5H3,(H,17,19). The highest BCUT2D eigenvalue weighted by Crippen LogP contribution is 2.17. The number of amides is 1. The number of likely N-dealkylation sites (N-methyl/N-ethyl adjacent to an activating group) is 1. The largest absolute Gasteiger partial charge is 0.399 e. The summed E-state index contributed by atoms with van der Waals surface area (Å²) >= 11 is 0. The number of nitrogens with zero attached hydrogens (tertiary/aromatic N) is 1. The van der Waals surface area contributed by atoms with Crippen LogP contribution in [-0.4, -0.2) is 37.0 Å². The van der Waals surface area contributed by atoms with Gasteiger partial charge in [0.25, 0.3) is 5.91 Å². The Kier molecular flexibility index (Phi) is 4.52. The van der Waals surface area contributed by atoms with Crippen LogP contribution in [0.4, 0.5) is 10.1 Å². The Balaban J connectivity index is 2.86. The van der Waals surface area contributed by atoms with Gasteiger partial charge in [-0.1, -0.05) is 0 Å². The zero-order valence-electron chi connectivity index (χ0n) is 12.2. The van der Waals surface area contributed by atoms with Gasteiger partial charge in [-0.3, -0.25) is 4.79 Å². The smallest absolute Gasteiger partial charge is 0.254 e. The van der Waals surface area contributed by atoms with Crippen molar-refractivity contribution in [1.29, 1.82) is 0 Å². The number of nitrogens with two attached hydrogens (primary N) is 1. The molecule has 0 saturated heterocycles. The van der Waals surface area contributed by atoms with Crippen molar-refractivity contribution >= 4 is 11.6 Å². The Morgan fingerprint density at radius 2 is 2.00 bits per heavy atom. The van der Waals surface area contributed by atoms with Crippen molar-refractivity contribution in [2.75, 3.05) is 26.4 Å². The number of nitrogen functional groups attached to an aromatic ring is 1. The summed E-state index contributed by atoms with van der Waals surface area (Å²) in [5.41, 5.74) is 6.18. The van der Waals surface area contributed by atoms with E-state index in [2.05, 4.69) is 5.32 Å². The van der Waals surface area contributed by atoms with Crippen molar-refractivity contribution in [3.63, 3.8) is 0 Å². The van der Waals surface area contributed by atoms with Crippen molar-refractivity contribution in [3.05, 3.63) is 29.1 Å². The number of carbonyl (C=O) groups is 1. The fourth-order valence-corrected chi connectivity index (χ4v) is 1.51. The summed E-state index contributed by atoms with van der Waals surface area (Å²) in [5, 5.41) is 2.74. The van der Waals surface area contributed by atoms with Crippen LogP contribution >= 0.6 is 0 Å². The molecule has 0 unspecified atom stereocenters. The molecule has 19 heavy (non-hydrogen) atoms. The summed E-state index contributed by atoms with van der Waals surface area (Å²) in [7, 11) is 3.86. The molecule has 1 rings (SSSR count). The van der Waals surface area contributed by atoms with Gasteiger partial charge in [-0.05, 0) is 52.6 Å². The lowest BCUT2D eigenvalue weighted by Crippen LogP contribution is -2.48. The molecular weight excluding hydrogens is 245 g/mol. The highest BCUT2D eigenvalue weighted by molar-refractivity contribution is 5.95. The van der Waals surface area contributed by atoms with Crippen LogP contribution in [0.2, 0.25) is 0 Å². The molecule has 0 spiro atoms. The molecule has 0 aliphatic heterocycles. The molecule has 0 fully saturated rings. The monoisotopic (exact) mass is 267 g/mol. The number of hydrogen-bond acceptors (Lipinski definition) is 3. The van der Waals surface area contributed by atoms with E-state index in [1.165, 1.54) is 12.1 Å². The van der Waals surface area contributed by atoms with Crippen LogP contribution in [0, 0.1) is 12.7 Å². The van der Waals surface area contributed by atoms with Gasteiger partial charge < -0.3 is 16.0 Å². The number of aryl methyl sites for hydroxylation is 1. The second-order valence-electron chi connectivity index (χ2n) is 5.59. The molecule has 1 amide bonds. The lowest BCUT2D eigenvalue weighted by Gasteiger charge is -2.32. The zero-order chi connectivity index (χ0) is 14.8. The second-order valence-corrected chi connectivity index (χ2v) is 5.59. The molecule has 0 atom stereocenters. The molecule has 0 bridgehead atoms. The summed E-state index contributed by atoms with van der Waals surface area (Å²) in [5.74, 6) is -0.961. The lowest BCUT2D eigenvalue weighted by atomic mass is 10.0. The molecule has 3 N–H and O–H groups in total. The molecule has 0 saturated carbocycles. The van der Waals surface area contributed by atoms with E-state index in [0.29, 0.717) is 17.8 Å². The van der Waals surface area contributed by atoms with Crippen LogP contribution in [0.1, 0.15) is 29.8 Å². The normalized spacial score (nSPS) is 11.7. The van der Waals surface area contributed by atoms with Gasteiger partial charge in [0, 0.05) is 17.8 Å². The summed E-state index contributed by atoms with van der Waals surface area (Å²) in [6.45, 7) is 6.00. The number of hydrogen-bond donors (Lipinski definition) is 2. The molecule has 106 valence electrons. The Labute approximate surface area is 113 Å². The Morgan fingerprint density at radius 1 is 1.42 bits per heavy atom. The highest BCUT2D eigenvalue weighted by Gasteiger charge is 2.22. The molecule has 4 nitrogen and oxygen atoms in total. The van der Waals surface area contributed by atoms with Crippen LogP contribution in [0.3, 0.4) is 0 Å². The minimum absolute atomic E-state index is 0.00736. The number of rotatable bonds is 4. The highest BCUT2D eigenvalue weighted by atomic mass is 19.1. The van der Waals surface area contributed by atoms with E-state index < -0.39 is 11.7 Å². The summed E-state index contributed by atoms with van der Waals surface area (Å²) < 4.78 is 13.9. The fraction of sp³-hybridized carbons (Fsp3) is 0.500. The molecule has 5 heteroatoms. The van der Waals surface area contributed by atoms with Crippen LogP contribution in [0.25, 0.3) is 0 Å². The molecule has 1 aromatic rings. The first-order chi connectivity index (χ1) is 8.65. The van der Waals surface area contributed by atoms with Gasteiger partial charge in [-0.25, -0.2) is 4.39 Å². The van der Waals surface area contributed by atoms with Crippen molar-refractivity contribution in [3.8, 4) is 0 Å². The average Bonchev–Trinajstić information content (AvgIpc) is 2.30. The number of anilines is 1. The quantitative estimate of drug-likeness (QED) is 0.818. The van der Waals surface area contributed by atoms with Gasteiger partial charge >= 0.3 is 0 Å². The van der Waals surface area contributed by atoms with Crippen molar-refractivity contribution in [1.82, 2.24) is 10.2 Å². The molecule has 0 aliphatic carbocycles. The molecule has 0 radical (unpaired) electrons. The van der Waals surface area contributed by atoms with Gasteiger partial charge in [0.05, 0.1) is 5.56 Å². The molecule has 0 aromatic heterocycles. The fourth-order valence-electron chi connectivity index (χ4n) is 1.51. The maximum absolute atomic E-state index is 13.9. The minimum Gasteiger partial charge on any atom is -0.399 e. The van der Waals surface area contributed by atoms with Crippen LogP contribution < -0.4 is 11.1 Å². The number of nitrogens with one attached hydrogen (secondary N) is 1. The first-order valence-corrected chi connectivity index (χ1v) is 6.16. The predicted octanol–water partition coefficient (Wildman–Crippen LogP) is 1.79. The Hall–Kier alpha value is -1.62. The molecule has 1 aromatic carbocycles. The van der Waals surface area contributed by atoms with E-state index in [-0.39, 0.29) is 11.1 Å². The summed E-state index contributed by atoms with van der Waals surface area (Å²) in [6, 6.07) is 2.87. The maximum atomic E-state index is 13.9. The molecular formula is C14H22FN3O. The Bertz CT molecular complexity index is 484. The third-order valence-electron chi connectivity index (χ3n) is 3.41. The van der Waals surface area contributed by atoms with E-state index in [0.717, 1.165) is 0 Å². The summed E-state index contributed by atoms with van der Waals surface area (Å²) in [4.78, 5) is 14.0. The topological polar surface area (TPSA) is 58.4 Å². The maximum Gasteiger partial charge on any atom is 0.254 e. The van der Waals surface area contributed by atoms with Crippen molar-refractivity contribution in [2.45, 2.75) is 26.3 Å².